The topological polar surface area (TPSA) is 54.9 Å². The Labute approximate surface area is 107 Å². The number of pyridine rings is 2. The molecule has 1 amide bonds. The van der Waals surface area contributed by atoms with Crippen molar-refractivity contribution in [1.29, 1.82) is 0 Å². The van der Waals surface area contributed by atoms with Crippen LogP contribution in [0.15, 0.2) is 41.3 Å². The van der Waals surface area contributed by atoms with Gasteiger partial charge in [-0.15, -0.1) is 0 Å². The molecule has 0 aliphatic heterocycles. The number of anilines is 1. The number of aryl methyl sites for hydroxylation is 1. The molecule has 4 nitrogen and oxygen atoms in total. The van der Waals surface area contributed by atoms with Crippen LogP contribution in [0.4, 0.5) is 5.82 Å². The van der Waals surface area contributed by atoms with Crippen molar-refractivity contribution in [1.82, 2.24) is 9.97 Å². The van der Waals surface area contributed by atoms with Crippen molar-refractivity contribution in [2.75, 3.05) is 5.32 Å². The second-order valence-electron chi connectivity index (χ2n) is 3.54. The highest BCUT2D eigenvalue weighted by atomic mass is 79.9. The number of nitrogens with one attached hydrogen (secondary N) is 1. The smallest absolute Gasteiger partial charge is 0.256 e. The number of rotatable bonds is 2. The van der Waals surface area contributed by atoms with E-state index in [2.05, 4.69) is 31.2 Å². The Morgan fingerprint density at radius 1 is 1.29 bits per heavy atom. The van der Waals surface area contributed by atoms with Gasteiger partial charge in [0.15, 0.2) is 0 Å². The summed E-state index contributed by atoms with van der Waals surface area (Å²) in [5, 5.41) is 2.71. The van der Waals surface area contributed by atoms with Crippen LogP contribution >= 0.6 is 15.9 Å². The summed E-state index contributed by atoms with van der Waals surface area (Å²) in [4.78, 5) is 19.9. The largest absolute Gasteiger partial charge is 0.307 e. The standard InChI is InChI=1S/C12H10BrN3O/c1-8-2-3-11(15-7-8)16-12(17)9-4-5-14-10(13)6-9/h2-7H,1H3,(H,15,16,17). The fourth-order valence-corrected chi connectivity index (χ4v) is 1.64. The van der Waals surface area contributed by atoms with Crippen LogP contribution in [0.1, 0.15) is 15.9 Å². The number of hydrogen-bond donors (Lipinski definition) is 1. The number of aromatic nitrogens is 2. The first-order valence-corrected chi connectivity index (χ1v) is 5.80. The van der Waals surface area contributed by atoms with Gasteiger partial charge in [-0.25, -0.2) is 9.97 Å². The van der Waals surface area contributed by atoms with E-state index in [0.717, 1.165) is 5.56 Å². The lowest BCUT2D eigenvalue weighted by atomic mass is 10.2. The third-order valence-electron chi connectivity index (χ3n) is 2.14. The fraction of sp³-hybridized carbons (Fsp3) is 0.0833. The number of hydrogen-bond acceptors (Lipinski definition) is 3. The molecule has 0 fully saturated rings. The molecule has 17 heavy (non-hydrogen) atoms. The molecule has 0 radical (unpaired) electrons. The molecule has 86 valence electrons. The Morgan fingerprint density at radius 2 is 2.12 bits per heavy atom. The van der Waals surface area contributed by atoms with Crippen molar-refractivity contribution in [3.05, 3.63) is 52.4 Å². The van der Waals surface area contributed by atoms with Crippen molar-refractivity contribution in [3.8, 4) is 0 Å². The Bertz CT molecular complexity index is 540. The first kappa shape index (κ1) is 11.7. The highest BCUT2D eigenvalue weighted by Crippen LogP contribution is 2.10. The maximum Gasteiger partial charge on any atom is 0.256 e. The number of carbonyl (C=O) groups is 1. The summed E-state index contributed by atoms with van der Waals surface area (Å²) < 4.78 is 0.627. The molecule has 0 saturated carbocycles. The van der Waals surface area contributed by atoms with Gasteiger partial charge in [-0.3, -0.25) is 4.79 Å². The summed E-state index contributed by atoms with van der Waals surface area (Å²) in [5.41, 5.74) is 1.59. The lowest BCUT2D eigenvalue weighted by Crippen LogP contribution is -2.12. The molecule has 2 heterocycles. The van der Waals surface area contributed by atoms with Gasteiger partial charge in [0, 0.05) is 18.0 Å². The maximum absolute atomic E-state index is 11.9. The van der Waals surface area contributed by atoms with Gasteiger partial charge in [0.25, 0.3) is 5.91 Å². The minimum absolute atomic E-state index is 0.204. The average molecular weight is 292 g/mol. The fourth-order valence-electron chi connectivity index (χ4n) is 1.27. The lowest BCUT2D eigenvalue weighted by molar-refractivity contribution is 0.102. The first-order valence-electron chi connectivity index (χ1n) is 5.01. The first-order chi connectivity index (χ1) is 8.15. The van der Waals surface area contributed by atoms with Crippen LogP contribution in [0, 0.1) is 6.92 Å². The Morgan fingerprint density at radius 3 is 2.76 bits per heavy atom. The quantitative estimate of drug-likeness (QED) is 0.866. The molecule has 0 bridgehead atoms. The van der Waals surface area contributed by atoms with Crippen molar-refractivity contribution in [2.45, 2.75) is 6.92 Å². The van der Waals surface area contributed by atoms with Crippen LogP contribution in [-0.2, 0) is 0 Å². The van der Waals surface area contributed by atoms with E-state index in [1.807, 2.05) is 13.0 Å². The predicted molar refractivity (Wildman–Crippen MR) is 68.9 cm³/mol. The Hall–Kier alpha value is -1.75. The van der Waals surface area contributed by atoms with Gasteiger partial charge in [0.1, 0.15) is 10.4 Å². The van der Waals surface area contributed by atoms with Crippen LogP contribution in [-0.4, -0.2) is 15.9 Å². The highest BCUT2D eigenvalue weighted by Gasteiger charge is 2.06. The SMILES string of the molecule is Cc1ccc(NC(=O)c2ccnc(Br)c2)nc1. The zero-order valence-corrected chi connectivity index (χ0v) is 10.7. The van der Waals surface area contributed by atoms with Crippen molar-refractivity contribution < 1.29 is 4.79 Å². The third kappa shape index (κ3) is 3.10. The average Bonchev–Trinajstić information content (AvgIpc) is 2.32. The maximum atomic E-state index is 11.9. The van der Waals surface area contributed by atoms with E-state index in [1.165, 1.54) is 0 Å². The molecule has 0 saturated heterocycles. The predicted octanol–water partition coefficient (Wildman–Crippen LogP) is 2.80. The zero-order chi connectivity index (χ0) is 12.3. The van der Waals surface area contributed by atoms with Crippen LogP contribution in [0.5, 0.6) is 0 Å². The molecule has 5 heteroatoms. The summed E-state index contributed by atoms with van der Waals surface area (Å²) in [7, 11) is 0. The summed E-state index contributed by atoms with van der Waals surface area (Å²) in [6, 6.07) is 6.96. The second-order valence-corrected chi connectivity index (χ2v) is 4.35. The number of amides is 1. The Kier molecular flexibility index (Phi) is 3.49. The van der Waals surface area contributed by atoms with Crippen LogP contribution in [0.25, 0.3) is 0 Å². The van der Waals surface area contributed by atoms with E-state index in [4.69, 9.17) is 0 Å². The number of carbonyl (C=O) groups excluding carboxylic acids is 1. The molecule has 0 aliphatic carbocycles. The minimum Gasteiger partial charge on any atom is -0.307 e. The van der Waals surface area contributed by atoms with Crippen LogP contribution in [0.2, 0.25) is 0 Å². The molecule has 0 unspecified atom stereocenters. The molecular formula is C12H10BrN3O. The molecule has 1 N–H and O–H groups in total. The molecular weight excluding hydrogens is 282 g/mol. The molecule has 2 aromatic rings. The van der Waals surface area contributed by atoms with E-state index in [9.17, 15) is 4.79 Å². The Balaban J connectivity index is 2.14. The number of nitrogens with zero attached hydrogens (tertiary/aromatic N) is 2. The third-order valence-corrected chi connectivity index (χ3v) is 2.58. The molecule has 0 aliphatic rings. The molecule has 0 atom stereocenters. The van der Waals surface area contributed by atoms with Gasteiger partial charge in [-0.1, -0.05) is 6.07 Å². The van der Waals surface area contributed by atoms with Crippen molar-refractivity contribution in [2.24, 2.45) is 0 Å². The van der Waals surface area contributed by atoms with E-state index in [-0.39, 0.29) is 5.91 Å². The molecule has 2 rings (SSSR count). The second kappa shape index (κ2) is 5.05. The zero-order valence-electron chi connectivity index (χ0n) is 9.14. The van der Waals surface area contributed by atoms with Crippen LogP contribution in [0.3, 0.4) is 0 Å². The molecule has 0 aromatic carbocycles. The van der Waals surface area contributed by atoms with Gasteiger partial charge < -0.3 is 5.32 Å². The van der Waals surface area contributed by atoms with Crippen LogP contribution < -0.4 is 5.32 Å². The van der Waals surface area contributed by atoms with E-state index in [0.29, 0.717) is 16.0 Å². The minimum atomic E-state index is -0.204. The lowest BCUT2D eigenvalue weighted by Gasteiger charge is -2.04. The van der Waals surface area contributed by atoms with E-state index in [1.54, 1.807) is 30.6 Å². The monoisotopic (exact) mass is 291 g/mol. The van der Waals surface area contributed by atoms with Gasteiger partial charge in [0.2, 0.25) is 0 Å². The van der Waals surface area contributed by atoms with E-state index >= 15 is 0 Å². The normalized spacial score (nSPS) is 10.0. The van der Waals surface area contributed by atoms with Crippen molar-refractivity contribution in [3.63, 3.8) is 0 Å². The summed E-state index contributed by atoms with van der Waals surface area (Å²) in [5.74, 6) is 0.331. The number of halogens is 1. The highest BCUT2D eigenvalue weighted by molar-refractivity contribution is 9.10. The molecule has 2 aromatic heterocycles. The summed E-state index contributed by atoms with van der Waals surface area (Å²) in [6.45, 7) is 1.94. The van der Waals surface area contributed by atoms with Crippen molar-refractivity contribution >= 4 is 27.7 Å². The molecule has 0 spiro atoms. The van der Waals surface area contributed by atoms with Gasteiger partial charge >= 0.3 is 0 Å². The van der Waals surface area contributed by atoms with Gasteiger partial charge in [-0.05, 0) is 46.6 Å². The summed E-state index contributed by atoms with van der Waals surface area (Å²) >= 11 is 3.22. The van der Waals surface area contributed by atoms with Gasteiger partial charge in [0.05, 0.1) is 0 Å². The van der Waals surface area contributed by atoms with Gasteiger partial charge in [-0.2, -0.15) is 0 Å². The summed E-state index contributed by atoms with van der Waals surface area (Å²) in [6.07, 6.45) is 3.28. The van der Waals surface area contributed by atoms with E-state index < -0.39 is 0 Å².